The van der Waals surface area contributed by atoms with Gasteiger partial charge in [0.25, 0.3) is 5.56 Å². The standard InChI is InChI=1S/C18H19ClN2O6S/c1-4-26-17(24)14-10(3)15(18(25)27-5-2)28-16(14)20-12(22)9-21-8-11(19)6-7-13(21)23/h6-8H,4-5,9H2,1-3H3,(H,20,22). The molecule has 0 aliphatic heterocycles. The molecule has 28 heavy (non-hydrogen) atoms. The topological polar surface area (TPSA) is 104 Å². The molecule has 2 heterocycles. The molecule has 1 N–H and O–H groups in total. The molecule has 0 bridgehead atoms. The molecular weight excluding hydrogens is 408 g/mol. The van der Waals surface area contributed by atoms with Crippen LogP contribution in [0.25, 0.3) is 0 Å². The van der Waals surface area contributed by atoms with Crippen molar-refractivity contribution >= 4 is 45.8 Å². The summed E-state index contributed by atoms with van der Waals surface area (Å²) in [6.45, 7) is 4.88. The predicted octanol–water partition coefficient (Wildman–Crippen LogP) is 2.86. The lowest BCUT2D eigenvalue weighted by Crippen LogP contribution is -2.27. The number of pyridine rings is 1. The van der Waals surface area contributed by atoms with Crippen LogP contribution in [0.1, 0.15) is 39.4 Å². The molecule has 1 amide bonds. The number of nitrogens with zero attached hydrogens (tertiary/aromatic N) is 1. The van der Waals surface area contributed by atoms with Crippen molar-refractivity contribution in [2.75, 3.05) is 18.5 Å². The van der Waals surface area contributed by atoms with Gasteiger partial charge in [-0.3, -0.25) is 9.59 Å². The Morgan fingerprint density at radius 2 is 1.79 bits per heavy atom. The third kappa shape index (κ3) is 4.99. The maximum Gasteiger partial charge on any atom is 0.348 e. The van der Waals surface area contributed by atoms with E-state index < -0.39 is 23.4 Å². The molecule has 0 unspecified atom stereocenters. The molecule has 2 rings (SSSR count). The Bertz CT molecular complexity index is 965. The first-order valence-electron chi connectivity index (χ1n) is 8.41. The normalized spacial score (nSPS) is 10.4. The van der Waals surface area contributed by atoms with E-state index in [1.165, 1.54) is 18.3 Å². The van der Waals surface area contributed by atoms with E-state index in [0.29, 0.717) is 10.6 Å². The molecule has 8 nitrogen and oxygen atoms in total. The van der Waals surface area contributed by atoms with Gasteiger partial charge in [-0.2, -0.15) is 0 Å². The van der Waals surface area contributed by atoms with E-state index in [0.717, 1.165) is 15.9 Å². The van der Waals surface area contributed by atoms with E-state index in [9.17, 15) is 19.2 Å². The van der Waals surface area contributed by atoms with Gasteiger partial charge in [0.2, 0.25) is 5.91 Å². The van der Waals surface area contributed by atoms with Crippen molar-refractivity contribution in [1.82, 2.24) is 4.57 Å². The van der Waals surface area contributed by atoms with Crippen LogP contribution >= 0.6 is 22.9 Å². The molecule has 2 aromatic heterocycles. The first-order valence-corrected chi connectivity index (χ1v) is 9.61. The van der Waals surface area contributed by atoms with E-state index in [1.807, 2.05) is 0 Å². The number of rotatable bonds is 7. The predicted molar refractivity (Wildman–Crippen MR) is 105 cm³/mol. The minimum atomic E-state index is -0.665. The lowest BCUT2D eigenvalue weighted by Gasteiger charge is -2.08. The second-order valence-corrected chi connectivity index (χ2v) is 7.02. The van der Waals surface area contributed by atoms with Crippen LogP contribution in [0.15, 0.2) is 23.1 Å². The second-order valence-electron chi connectivity index (χ2n) is 5.56. The van der Waals surface area contributed by atoms with Gasteiger partial charge in [-0.1, -0.05) is 11.6 Å². The molecule has 0 aliphatic carbocycles. The molecule has 0 spiro atoms. The van der Waals surface area contributed by atoms with Gasteiger partial charge in [0.1, 0.15) is 16.4 Å². The lowest BCUT2D eigenvalue weighted by atomic mass is 10.1. The molecule has 150 valence electrons. The van der Waals surface area contributed by atoms with Crippen molar-refractivity contribution in [2.45, 2.75) is 27.3 Å². The van der Waals surface area contributed by atoms with Gasteiger partial charge >= 0.3 is 11.9 Å². The number of carbonyl (C=O) groups excluding carboxylic acids is 3. The van der Waals surface area contributed by atoms with Gasteiger partial charge in [0, 0.05) is 12.3 Å². The Kier molecular flexibility index (Phi) is 7.36. The molecule has 0 atom stereocenters. The van der Waals surface area contributed by atoms with Crippen LogP contribution in [-0.4, -0.2) is 35.6 Å². The summed E-state index contributed by atoms with van der Waals surface area (Å²) in [4.78, 5) is 48.9. The molecule has 0 saturated heterocycles. The third-order valence-corrected chi connectivity index (χ3v) is 5.01. The van der Waals surface area contributed by atoms with Crippen molar-refractivity contribution in [3.63, 3.8) is 0 Å². The maximum atomic E-state index is 12.4. The van der Waals surface area contributed by atoms with Gasteiger partial charge in [0.15, 0.2) is 0 Å². The number of amides is 1. The van der Waals surface area contributed by atoms with E-state index in [1.54, 1.807) is 20.8 Å². The highest BCUT2D eigenvalue weighted by Gasteiger charge is 2.27. The number of hydrogen-bond donors (Lipinski definition) is 1. The fourth-order valence-electron chi connectivity index (χ4n) is 2.39. The van der Waals surface area contributed by atoms with Gasteiger partial charge in [-0.25, -0.2) is 9.59 Å². The summed E-state index contributed by atoms with van der Waals surface area (Å²) in [5.41, 5.74) is 0.0403. The summed E-state index contributed by atoms with van der Waals surface area (Å²) < 4.78 is 11.2. The zero-order valence-corrected chi connectivity index (χ0v) is 17.1. The number of esters is 2. The minimum absolute atomic E-state index is 0.0849. The number of anilines is 1. The van der Waals surface area contributed by atoms with Crippen LogP contribution in [0.5, 0.6) is 0 Å². The largest absolute Gasteiger partial charge is 0.462 e. The number of thiophene rings is 1. The summed E-state index contributed by atoms with van der Waals surface area (Å²) >= 11 is 6.76. The molecule has 0 aromatic carbocycles. The first kappa shape index (κ1) is 21.6. The van der Waals surface area contributed by atoms with Gasteiger partial charge in [-0.15, -0.1) is 11.3 Å². The quantitative estimate of drug-likeness (QED) is 0.683. The Balaban J connectivity index is 2.34. The zero-order valence-electron chi connectivity index (χ0n) is 15.5. The van der Waals surface area contributed by atoms with Crippen LogP contribution in [0.2, 0.25) is 5.02 Å². The summed E-state index contributed by atoms with van der Waals surface area (Å²) in [6, 6.07) is 2.67. The fraction of sp³-hybridized carbons (Fsp3) is 0.333. The maximum absolute atomic E-state index is 12.4. The highest BCUT2D eigenvalue weighted by Crippen LogP contribution is 2.34. The van der Waals surface area contributed by atoms with Crippen molar-refractivity contribution in [3.05, 3.63) is 49.7 Å². The third-order valence-electron chi connectivity index (χ3n) is 3.60. The van der Waals surface area contributed by atoms with E-state index in [-0.39, 0.29) is 35.2 Å². The van der Waals surface area contributed by atoms with Gasteiger partial charge in [0.05, 0.1) is 23.8 Å². The molecule has 0 radical (unpaired) electrons. The van der Waals surface area contributed by atoms with Crippen molar-refractivity contribution < 1.29 is 23.9 Å². The molecule has 10 heteroatoms. The van der Waals surface area contributed by atoms with Crippen LogP contribution in [-0.2, 0) is 20.8 Å². The fourth-order valence-corrected chi connectivity index (χ4v) is 3.67. The average Bonchev–Trinajstić information content (AvgIpc) is 2.94. The molecule has 0 fully saturated rings. The summed E-state index contributed by atoms with van der Waals surface area (Å²) in [7, 11) is 0. The SMILES string of the molecule is CCOC(=O)c1sc(NC(=O)Cn2cc(Cl)ccc2=O)c(C(=O)OCC)c1C. The molecule has 0 saturated carbocycles. The van der Waals surface area contributed by atoms with Crippen LogP contribution in [0.3, 0.4) is 0 Å². The zero-order chi connectivity index (χ0) is 20.8. The number of carbonyl (C=O) groups is 3. The summed E-state index contributed by atoms with van der Waals surface area (Å²) in [6.07, 6.45) is 1.33. The number of nitrogens with one attached hydrogen (secondary N) is 1. The van der Waals surface area contributed by atoms with Crippen LogP contribution in [0, 0.1) is 6.92 Å². The lowest BCUT2D eigenvalue weighted by molar-refractivity contribution is -0.116. The Hall–Kier alpha value is -2.65. The second kappa shape index (κ2) is 9.52. The Labute approximate surface area is 170 Å². The number of ether oxygens (including phenoxy) is 2. The van der Waals surface area contributed by atoms with Crippen molar-refractivity contribution in [3.8, 4) is 0 Å². The number of hydrogen-bond acceptors (Lipinski definition) is 7. The van der Waals surface area contributed by atoms with Crippen LogP contribution in [0.4, 0.5) is 5.00 Å². The summed E-state index contributed by atoms with van der Waals surface area (Å²) in [5, 5.41) is 3.03. The highest BCUT2D eigenvalue weighted by atomic mass is 35.5. The first-order chi connectivity index (χ1) is 13.3. The van der Waals surface area contributed by atoms with Crippen molar-refractivity contribution in [2.24, 2.45) is 0 Å². The van der Waals surface area contributed by atoms with E-state index in [2.05, 4.69) is 5.32 Å². The monoisotopic (exact) mass is 426 g/mol. The average molecular weight is 427 g/mol. The van der Waals surface area contributed by atoms with E-state index >= 15 is 0 Å². The summed E-state index contributed by atoms with van der Waals surface area (Å²) in [5.74, 6) is -1.82. The van der Waals surface area contributed by atoms with Crippen molar-refractivity contribution in [1.29, 1.82) is 0 Å². The molecule has 2 aromatic rings. The van der Waals surface area contributed by atoms with E-state index in [4.69, 9.17) is 21.1 Å². The van der Waals surface area contributed by atoms with Crippen LogP contribution < -0.4 is 10.9 Å². The number of halogens is 1. The van der Waals surface area contributed by atoms with Gasteiger partial charge < -0.3 is 19.4 Å². The number of aromatic nitrogens is 1. The highest BCUT2D eigenvalue weighted by molar-refractivity contribution is 7.18. The Morgan fingerprint density at radius 3 is 2.43 bits per heavy atom. The minimum Gasteiger partial charge on any atom is -0.462 e. The molecule has 0 aliphatic rings. The molecular formula is C18H19ClN2O6S. The van der Waals surface area contributed by atoms with Gasteiger partial charge in [-0.05, 0) is 32.4 Å². The Morgan fingerprint density at radius 1 is 1.14 bits per heavy atom. The smallest absolute Gasteiger partial charge is 0.348 e.